The van der Waals surface area contributed by atoms with Crippen LogP contribution in [0.2, 0.25) is 0 Å². The van der Waals surface area contributed by atoms with Crippen LogP contribution in [0.15, 0.2) is 30.3 Å². The van der Waals surface area contributed by atoms with E-state index in [1.165, 1.54) is 32.1 Å². The number of aromatic nitrogens is 1. The van der Waals surface area contributed by atoms with E-state index in [2.05, 4.69) is 22.1 Å². The molecule has 2 aromatic rings. The molecule has 3 rings (SSSR count). The smallest absolute Gasteiger partial charge is 0.257 e. The third-order valence-corrected chi connectivity index (χ3v) is 5.52. The van der Waals surface area contributed by atoms with E-state index in [0.717, 1.165) is 17.0 Å². The van der Waals surface area contributed by atoms with E-state index in [0.29, 0.717) is 24.0 Å². The zero-order chi connectivity index (χ0) is 20.8. The Morgan fingerprint density at radius 2 is 1.79 bits per heavy atom. The van der Waals surface area contributed by atoms with Crippen LogP contribution in [-0.2, 0) is 4.79 Å². The highest BCUT2D eigenvalue weighted by Crippen LogP contribution is 2.32. The first-order valence-corrected chi connectivity index (χ1v) is 10.5. The van der Waals surface area contributed by atoms with Gasteiger partial charge < -0.3 is 19.9 Å². The molecular weight excluding hydrogens is 366 g/mol. The van der Waals surface area contributed by atoms with Crippen LogP contribution >= 0.6 is 0 Å². The predicted octanol–water partition coefficient (Wildman–Crippen LogP) is 4.38. The number of ether oxygens (including phenoxy) is 1. The van der Waals surface area contributed by atoms with Gasteiger partial charge in [-0.3, -0.25) is 9.59 Å². The number of nitrogens with zero attached hydrogens (tertiary/aromatic N) is 1. The van der Waals surface area contributed by atoms with Gasteiger partial charge in [-0.25, -0.2) is 0 Å². The number of carbonyl (C=O) groups is 2. The van der Waals surface area contributed by atoms with Crippen LogP contribution in [0, 0.1) is 13.8 Å². The first kappa shape index (κ1) is 21.0. The Hall–Kier alpha value is -2.76. The van der Waals surface area contributed by atoms with Gasteiger partial charge >= 0.3 is 0 Å². The standard InChI is InChI=1S/C23H31N3O3/c1-4-24-22(27)15-29-20-12-10-18(11-13-20)25-23(28)21-14-16(2)26(17(21)3)19-8-6-5-7-9-19/h10-14,19H,4-9,15H2,1-3H3,(H,24,27)(H,25,28). The van der Waals surface area contributed by atoms with Gasteiger partial charge in [0.05, 0.1) is 5.56 Å². The van der Waals surface area contributed by atoms with Crippen LogP contribution in [0.1, 0.15) is 66.8 Å². The second-order valence-electron chi connectivity index (χ2n) is 7.67. The summed E-state index contributed by atoms with van der Waals surface area (Å²) in [4.78, 5) is 24.3. The summed E-state index contributed by atoms with van der Waals surface area (Å²) < 4.78 is 7.78. The molecule has 0 bridgehead atoms. The molecule has 1 fully saturated rings. The molecule has 6 nitrogen and oxygen atoms in total. The number of rotatable bonds is 7. The van der Waals surface area contributed by atoms with Crippen molar-refractivity contribution in [1.82, 2.24) is 9.88 Å². The molecule has 156 valence electrons. The monoisotopic (exact) mass is 397 g/mol. The highest BCUT2D eigenvalue weighted by molar-refractivity contribution is 6.05. The summed E-state index contributed by atoms with van der Waals surface area (Å²) in [6.07, 6.45) is 6.21. The van der Waals surface area contributed by atoms with E-state index in [9.17, 15) is 9.59 Å². The third-order valence-electron chi connectivity index (χ3n) is 5.52. The maximum absolute atomic E-state index is 12.8. The Morgan fingerprint density at radius 1 is 1.10 bits per heavy atom. The van der Waals surface area contributed by atoms with Gasteiger partial charge in [0.1, 0.15) is 5.75 Å². The molecule has 1 aromatic carbocycles. The summed E-state index contributed by atoms with van der Waals surface area (Å²) in [7, 11) is 0. The summed E-state index contributed by atoms with van der Waals surface area (Å²) in [5.41, 5.74) is 3.61. The highest BCUT2D eigenvalue weighted by Gasteiger charge is 2.22. The summed E-state index contributed by atoms with van der Waals surface area (Å²) in [5, 5.41) is 5.65. The number of aryl methyl sites for hydroxylation is 1. The molecule has 0 spiro atoms. The molecular formula is C23H31N3O3. The maximum Gasteiger partial charge on any atom is 0.257 e. The van der Waals surface area contributed by atoms with Crippen LogP contribution in [0.3, 0.4) is 0 Å². The van der Waals surface area contributed by atoms with Gasteiger partial charge in [0, 0.05) is 29.7 Å². The number of carbonyl (C=O) groups excluding carboxylic acids is 2. The minimum absolute atomic E-state index is 0.0211. The van der Waals surface area contributed by atoms with Gasteiger partial charge in [0.25, 0.3) is 11.8 Å². The van der Waals surface area contributed by atoms with Crippen molar-refractivity contribution in [3.05, 3.63) is 47.3 Å². The maximum atomic E-state index is 12.8. The first-order chi connectivity index (χ1) is 14.0. The van der Waals surface area contributed by atoms with Crippen molar-refractivity contribution in [3.8, 4) is 5.75 Å². The minimum Gasteiger partial charge on any atom is -0.484 e. The van der Waals surface area contributed by atoms with E-state index < -0.39 is 0 Å². The molecule has 6 heteroatoms. The van der Waals surface area contributed by atoms with Gasteiger partial charge in [-0.1, -0.05) is 19.3 Å². The van der Waals surface area contributed by atoms with E-state index >= 15 is 0 Å². The molecule has 1 heterocycles. The molecule has 0 radical (unpaired) electrons. The van der Waals surface area contributed by atoms with Crippen molar-refractivity contribution < 1.29 is 14.3 Å². The fourth-order valence-corrected chi connectivity index (χ4v) is 4.14. The van der Waals surface area contributed by atoms with Crippen molar-refractivity contribution in [3.63, 3.8) is 0 Å². The van der Waals surface area contributed by atoms with Crippen LogP contribution in [-0.4, -0.2) is 29.5 Å². The summed E-state index contributed by atoms with van der Waals surface area (Å²) in [6, 6.07) is 9.56. The van der Waals surface area contributed by atoms with Gasteiger partial charge in [0.2, 0.25) is 0 Å². The normalized spacial score (nSPS) is 14.4. The number of nitrogens with one attached hydrogen (secondary N) is 2. The van der Waals surface area contributed by atoms with Gasteiger partial charge in [-0.15, -0.1) is 0 Å². The fourth-order valence-electron chi connectivity index (χ4n) is 4.14. The van der Waals surface area contributed by atoms with Crippen molar-refractivity contribution in [2.45, 2.75) is 58.9 Å². The lowest BCUT2D eigenvalue weighted by molar-refractivity contribution is -0.122. The van der Waals surface area contributed by atoms with E-state index in [-0.39, 0.29) is 18.4 Å². The Balaban J connectivity index is 1.63. The molecule has 1 saturated carbocycles. The molecule has 2 N–H and O–H groups in total. The van der Waals surface area contributed by atoms with E-state index in [1.54, 1.807) is 24.3 Å². The summed E-state index contributed by atoms with van der Waals surface area (Å²) >= 11 is 0. The number of anilines is 1. The Kier molecular flexibility index (Phi) is 6.96. The fraction of sp³-hybridized carbons (Fsp3) is 0.478. The van der Waals surface area contributed by atoms with Crippen LogP contribution < -0.4 is 15.4 Å². The molecule has 1 aliphatic rings. The number of likely N-dealkylation sites (N-methyl/N-ethyl adjacent to an activating group) is 1. The molecule has 0 atom stereocenters. The van der Waals surface area contributed by atoms with Crippen LogP contribution in [0.5, 0.6) is 5.75 Å². The second kappa shape index (κ2) is 9.63. The molecule has 29 heavy (non-hydrogen) atoms. The van der Waals surface area contributed by atoms with Gasteiger partial charge in [-0.05, 0) is 63.9 Å². The van der Waals surface area contributed by atoms with Crippen molar-refractivity contribution in [1.29, 1.82) is 0 Å². The Morgan fingerprint density at radius 3 is 2.45 bits per heavy atom. The van der Waals surface area contributed by atoms with E-state index in [4.69, 9.17) is 4.74 Å². The molecule has 0 aliphatic heterocycles. The number of hydrogen-bond acceptors (Lipinski definition) is 3. The minimum atomic E-state index is -0.154. The molecule has 0 unspecified atom stereocenters. The van der Waals surface area contributed by atoms with Gasteiger partial charge in [-0.2, -0.15) is 0 Å². The largest absolute Gasteiger partial charge is 0.484 e. The lowest BCUT2D eigenvalue weighted by Crippen LogP contribution is -2.28. The highest BCUT2D eigenvalue weighted by atomic mass is 16.5. The van der Waals surface area contributed by atoms with Crippen molar-refractivity contribution in [2.24, 2.45) is 0 Å². The number of hydrogen-bond donors (Lipinski definition) is 2. The molecule has 1 aliphatic carbocycles. The first-order valence-electron chi connectivity index (χ1n) is 10.5. The summed E-state index contributed by atoms with van der Waals surface area (Å²) in [6.45, 7) is 6.54. The average molecular weight is 398 g/mol. The van der Waals surface area contributed by atoms with Gasteiger partial charge in [0.15, 0.2) is 6.61 Å². The Labute approximate surface area is 172 Å². The quantitative estimate of drug-likeness (QED) is 0.728. The van der Waals surface area contributed by atoms with Crippen molar-refractivity contribution >= 4 is 17.5 Å². The number of benzene rings is 1. The SMILES string of the molecule is CCNC(=O)COc1ccc(NC(=O)c2cc(C)n(C3CCCCC3)c2C)cc1. The second-order valence-corrected chi connectivity index (χ2v) is 7.67. The predicted molar refractivity (Wildman–Crippen MR) is 115 cm³/mol. The van der Waals surface area contributed by atoms with E-state index in [1.807, 2.05) is 19.9 Å². The summed E-state index contributed by atoms with van der Waals surface area (Å²) in [5.74, 6) is 0.332. The lowest BCUT2D eigenvalue weighted by Gasteiger charge is -2.26. The number of amides is 2. The topological polar surface area (TPSA) is 72.4 Å². The molecule has 1 aromatic heterocycles. The Bertz CT molecular complexity index is 849. The molecule has 2 amide bonds. The third kappa shape index (κ3) is 5.19. The van der Waals surface area contributed by atoms with Crippen LogP contribution in [0.25, 0.3) is 0 Å². The lowest BCUT2D eigenvalue weighted by atomic mass is 9.95. The zero-order valence-corrected chi connectivity index (χ0v) is 17.6. The molecule has 0 saturated heterocycles. The average Bonchev–Trinajstić information content (AvgIpc) is 3.02. The zero-order valence-electron chi connectivity index (χ0n) is 17.6. The van der Waals surface area contributed by atoms with Crippen molar-refractivity contribution in [2.75, 3.05) is 18.5 Å². The van der Waals surface area contributed by atoms with Crippen LogP contribution in [0.4, 0.5) is 5.69 Å².